The average Bonchev–Trinajstić information content (AvgIpc) is 2.26. The highest BCUT2D eigenvalue weighted by molar-refractivity contribution is 6.34. The number of rotatable bonds is 3. The third-order valence-corrected chi connectivity index (χ3v) is 2.88. The van der Waals surface area contributed by atoms with Crippen molar-refractivity contribution in [1.29, 1.82) is 5.41 Å². The maximum absolute atomic E-state index is 7.57. The Kier molecular flexibility index (Phi) is 3.93. The van der Waals surface area contributed by atoms with Crippen LogP contribution < -0.4 is 10.5 Å². The van der Waals surface area contributed by atoms with Gasteiger partial charge in [0, 0.05) is 16.2 Å². The van der Waals surface area contributed by atoms with E-state index in [9.17, 15) is 0 Å². The lowest BCUT2D eigenvalue weighted by atomic mass is 10.1. The van der Waals surface area contributed by atoms with Crippen molar-refractivity contribution in [2.45, 2.75) is 6.92 Å². The van der Waals surface area contributed by atoms with Gasteiger partial charge in [0.2, 0.25) is 5.88 Å². The first kappa shape index (κ1) is 13.6. The quantitative estimate of drug-likeness (QED) is 0.669. The van der Waals surface area contributed by atoms with Crippen LogP contribution >= 0.6 is 23.2 Å². The minimum absolute atomic E-state index is 0.103. The van der Waals surface area contributed by atoms with Crippen molar-refractivity contribution in [3.63, 3.8) is 0 Å². The molecule has 0 saturated heterocycles. The lowest BCUT2D eigenvalue weighted by Gasteiger charge is -2.11. The van der Waals surface area contributed by atoms with Gasteiger partial charge in [0.05, 0.1) is 5.56 Å². The largest absolute Gasteiger partial charge is 0.438 e. The predicted molar refractivity (Wildman–Crippen MR) is 76.5 cm³/mol. The van der Waals surface area contributed by atoms with Crippen molar-refractivity contribution in [2.75, 3.05) is 0 Å². The van der Waals surface area contributed by atoms with Gasteiger partial charge < -0.3 is 10.5 Å². The Morgan fingerprint density at radius 2 is 1.89 bits per heavy atom. The zero-order valence-electron chi connectivity index (χ0n) is 10.1. The topological polar surface area (TPSA) is 72.0 Å². The van der Waals surface area contributed by atoms with Crippen LogP contribution in [0.25, 0.3) is 0 Å². The molecule has 1 heterocycles. The predicted octanol–water partition coefficient (Wildman–Crippen LogP) is 3.77. The number of pyridine rings is 1. The fourth-order valence-electron chi connectivity index (χ4n) is 1.64. The van der Waals surface area contributed by atoms with Crippen LogP contribution in [0.4, 0.5) is 0 Å². The van der Waals surface area contributed by atoms with Crippen molar-refractivity contribution in [3.8, 4) is 11.6 Å². The van der Waals surface area contributed by atoms with E-state index in [0.717, 1.165) is 5.56 Å². The van der Waals surface area contributed by atoms with E-state index in [4.69, 9.17) is 39.1 Å². The van der Waals surface area contributed by atoms with Gasteiger partial charge in [-0.2, -0.15) is 0 Å². The highest BCUT2D eigenvalue weighted by Gasteiger charge is 2.12. The lowest BCUT2D eigenvalue weighted by molar-refractivity contribution is 0.461. The molecule has 3 N–H and O–H groups in total. The molecule has 4 nitrogen and oxygen atoms in total. The van der Waals surface area contributed by atoms with Crippen molar-refractivity contribution in [1.82, 2.24) is 4.98 Å². The second kappa shape index (κ2) is 5.47. The van der Waals surface area contributed by atoms with E-state index in [2.05, 4.69) is 4.98 Å². The Morgan fingerprint density at radius 3 is 2.47 bits per heavy atom. The van der Waals surface area contributed by atoms with Gasteiger partial charge in [-0.15, -0.1) is 0 Å². The van der Waals surface area contributed by atoms with Gasteiger partial charge in [-0.25, -0.2) is 4.98 Å². The van der Waals surface area contributed by atoms with Gasteiger partial charge in [0.25, 0.3) is 0 Å². The summed E-state index contributed by atoms with van der Waals surface area (Å²) >= 11 is 11.8. The number of hydrogen-bond donors (Lipinski definition) is 2. The first-order chi connectivity index (χ1) is 8.97. The number of aryl methyl sites for hydroxylation is 1. The molecule has 0 unspecified atom stereocenters. The minimum Gasteiger partial charge on any atom is -0.438 e. The van der Waals surface area contributed by atoms with Crippen LogP contribution in [0.1, 0.15) is 11.1 Å². The number of halogens is 2. The van der Waals surface area contributed by atoms with E-state index in [1.165, 1.54) is 0 Å². The summed E-state index contributed by atoms with van der Waals surface area (Å²) in [5, 5.41) is 8.49. The highest BCUT2D eigenvalue weighted by atomic mass is 35.5. The van der Waals surface area contributed by atoms with Crippen molar-refractivity contribution in [2.24, 2.45) is 5.73 Å². The third kappa shape index (κ3) is 3.16. The van der Waals surface area contributed by atoms with E-state index in [1.807, 2.05) is 6.92 Å². The molecule has 6 heteroatoms. The number of ether oxygens (including phenoxy) is 1. The van der Waals surface area contributed by atoms with E-state index < -0.39 is 0 Å². The van der Waals surface area contributed by atoms with Gasteiger partial charge in [0.15, 0.2) is 0 Å². The summed E-state index contributed by atoms with van der Waals surface area (Å²) in [6.45, 7) is 1.83. The van der Waals surface area contributed by atoms with E-state index in [0.29, 0.717) is 21.4 Å². The summed E-state index contributed by atoms with van der Waals surface area (Å²) in [5.74, 6) is 0.595. The summed E-state index contributed by atoms with van der Waals surface area (Å²) in [5.41, 5.74) is 6.81. The lowest BCUT2D eigenvalue weighted by Crippen LogP contribution is -2.14. The second-order valence-corrected chi connectivity index (χ2v) is 4.80. The molecule has 98 valence electrons. The van der Waals surface area contributed by atoms with E-state index in [1.54, 1.807) is 30.5 Å². The molecule has 0 fully saturated rings. The highest BCUT2D eigenvalue weighted by Crippen LogP contribution is 2.29. The fourth-order valence-corrected chi connectivity index (χ4v) is 2.14. The zero-order chi connectivity index (χ0) is 14.0. The van der Waals surface area contributed by atoms with E-state index >= 15 is 0 Å². The summed E-state index contributed by atoms with van der Waals surface area (Å²) in [4.78, 5) is 4.09. The molecule has 0 spiro atoms. The molecule has 0 bridgehead atoms. The Bertz CT molecular complexity index is 624. The standard InChI is InChI=1S/C13H11Cl2N3O/c1-7-2-3-18-13(11(7)12(16)17)19-10-5-8(14)4-9(15)6-10/h2-6H,1H3,(H3,16,17). The van der Waals surface area contributed by atoms with Crippen molar-refractivity contribution < 1.29 is 4.74 Å². The minimum atomic E-state index is -0.103. The van der Waals surface area contributed by atoms with Gasteiger partial charge in [-0.1, -0.05) is 23.2 Å². The SMILES string of the molecule is Cc1ccnc(Oc2cc(Cl)cc(Cl)c2)c1C(=N)N. The second-order valence-electron chi connectivity index (χ2n) is 3.93. The van der Waals surface area contributed by atoms with Crippen LogP contribution in [-0.2, 0) is 0 Å². The molecule has 2 aromatic rings. The number of hydrogen-bond acceptors (Lipinski definition) is 3. The number of nitrogens with zero attached hydrogens (tertiary/aromatic N) is 1. The normalized spacial score (nSPS) is 10.3. The Hall–Kier alpha value is -1.78. The van der Waals surface area contributed by atoms with Gasteiger partial charge in [-0.05, 0) is 36.8 Å². The maximum atomic E-state index is 7.57. The summed E-state index contributed by atoms with van der Waals surface area (Å²) in [6, 6.07) is 6.59. The monoisotopic (exact) mass is 295 g/mol. The Morgan fingerprint density at radius 1 is 1.26 bits per heavy atom. The van der Waals surface area contributed by atoms with Crippen molar-refractivity contribution >= 4 is 29.0 Å². The Balaban J connectivity index is 2.43. The van der Waals surface area contributed by atoms with Crippen LogP contribution in [0.2, 0.25) is 10.0 Å². The molecule has 0 aliphatic rings. The van der Waals surface area contributed by atoms with Crippen molar-refractivity contribution in [3.05, 3.63) is 51.6 Å². The van der Waals surface area contributed by atoms with Gasteiger partial charge >= 0.3 is 0 Å². The van der Waals surface area contributed by atoms with Crippen LogP contribution in [0.15, 0.2) is 30.5 Å². The molecule has 2 rings (SSSR count). The number of nitrogen functional groups attached to an aromatic ring is 1. The molecule has 1 aromatic heterocycles. The van der Waals surface area contributed by atoms with Crippen LogP contribution in [0, 0.1) is 12.3 Å². The first-order valence-corrected chi connectivity index (χ1v) is 6.17. The molecular weight excluding hydrogens is 285 g/mol. The molecule has 0 aliphatic carbocycles. The molecular formula is C13H11Cl2N3O. The number of amidine groups is 1. The molecule has 19 heavy (non-hydrogen) atoms. The third-order valence-electron chi connectivity index (χ3n) is 2.44. The van der Waals surface area contributed by atoms with Gasteiger partial charge in [-0.3, -0.25) is 5.41 Å². The molecule has 0 aliphatic heterocycles. The number of nitrogens with one attached hydrogen (secondary N) is 1. The van der Waals surface area contributed by atoms with Crippen LogP contribution in [0.3, 0.4) is 0 Å². The van der Waals surface area contributed by atoms with E-state index in [-0.39, 0.29) is 11.7 Å². The molecule has 0 amide bonds. The van der Waals surface area contributed by atoms with Crippen LogP contribution in [-0.4, -0.2) is 10.8 Å². The Labute approximate surface area is 120 Å². The average molecular weight is 296 g/mol. The van der Waals surface area contributed by atoms with Gasteiger partial charge in [0.1, 0.15) is 11.6 Å². The molecule has 0 radical (unpaired) electrons. The van der Waals surface area contributed by atoms with Crippen LogP contribution in [0.5, 0.6) is 11.6 Å². The number of benzene rings is 1. The molecule has 0 atom stereocenters. The smallest absolute Gasteiger partial charge is 0.230 e. The zero-order valence-corrected chi connectivity index (χ0v) is 11.6. The summed E-state index contributed by atoms with van der Waals surface area (Å²) in [6.07, 6.45) is 1.59. The number of aromatic nitrogens is 1. The number of nitrogens with two attached hydrogens (primary N) is 1. The molecule has 0 saturated carbocycles. The summed E-state index contributed by atoms with van der Waals surface area (Å²) < 4.78 is 5.61. The fraction of sp³-hybridized carbons (Fsp3) is 0.0769. The molecule has 1 aromatic carbocycles. The first-order valence-electron chi connectivity index (χ1n) is 5.41. The maximum Gasteiger partial charge on any atom is 0.230 e. The summed E-state index contributed by atoms with van der Waals surface area (Å²) in [7, 11) is 0.